The van der Waals surface area contributed by atoms with E-state index in [1.54, 1.807) is 6.07 Å². The van der Waals surface area contributed by atoms with Crippen LogP contribution in [0.15, 0.2) is 35.3 Å². The molecule has 110 valence electrons. The fraction of sp³-hybridized carbons (Fsp3) is 0.278. The van der Waals surface area contributed by atoms with E-state index in [0.29, 0.717) is 10.0 Å². The van der Waals surface area contributed by atoms with Crippen LogP contribution in [0.3, 0.4) is 0 Å². The van der Waals surface area contributed by atoms with Gasteiger partial charge in [-0.15, -0.1) is 0 Å². The molecule has 0 aliphatic rings. The second-order valence-corrected chi connectivity index (χ2v) is 6.28. The number of benzene rings is 2. The molecule has 0 bridgehead atoms. The predicted octanol–water partition coefficient (Wildman–Crippen LogP) is 6.10. The summed E-state index contributed by atoms with van der Waals surface area (Å²) in [5, 5.41) is 1.38. The number of hydrogen-bond donors (Lipinski definition) is 0. The zero-order valence-electron chi connectivity index (χ0n) is 12.7. The summed E-state index contributed by atoms with van der Waals surface area (Å²) in [7, 11) is 0. The summed E-state index contributed by atoms with van der Waals surface area (Å²) < 4.78 is 0. The van der Waals surface area contributed by atoms with Gasteiger partial charge < -0.3 is 0 Å². The number of aliphatic imine (C=N–C) groups is 1. The minimum atomic E-state index is -0.0312. The van der Waals surface area contributed by atoms with Crippen LogP contribution in [0.2, 0.25) is 10.0 Å². The first-order chi connectivity index (χ1) is 9.88. The van der Waals surface area contributed by atoms with Crippen LogP contribution < -0.4 is 0 Å². The highest BCUT2D eigenvalue weighted by atomic mass is 35.5. The van der Waals surface area contributed by atoms with Gasteiger partial charge in [0.2, 0.25) is 0 Å². The van der Waals surface area contributed by atoms with Gasteiger partial charge in [0.15, 0.2) is 0 Å². The molecule has 0 fully saturated rings. The molecule has 0 amide bonds. The molecular formula is C18H19Cl2N. The van der Waals surface area contributed by atoms with E-state index in [1.807, 2.05) is 25.3 Å². The van der Waals surface area contributed by atoms with Crippen molar-refractivity contribution < 1.29 is 0 Å². The Kier molecular flexibility index (Phi) is 5.08. The molecule has 1 unspecified atom stereocenters. The highest BCUT2D eigenvalue weighted by Crippen LogP contribution is 2.28. The highest BCUT2D eigenvalue weighted by molar-refractivity contribution is 6.33. The summed E-state index contributed by atoms with van der Waals surface area (Å²) >= 11 is 12.3. The average Bonchev–Trinajstić information content (AvgIpc) is 2.40. The van der Waals surface area contributed by atoms with Gasteiger partial charge in [-0.3, -0.25) is 4.99 Å². The third-order valence-electron chi connectivity index (χ3n) is 3.57. The molecule has 0 aliphatic carbocycles. The Morgan fingerprint density at radius 3 is 2.24 bits per heavy atom. The van der Waals surface area contributed by atoms with Gasteiger partial charge in [-0.25, -0.2) is 0 Å². The van der Waals surface area contributed by atoms with Crippen molar-refractivity contribution in [3.05, 3.63) is 68.2 Å². The van der Waals surface area contributed by atoms with E-state index in [0.717, 1.165) is 5.56 Å². The fourth-order valence-corrected chi connectivity index (χ4v) is 2.95. The van der Waals surface area contributed by atoms with Gasteiger partial charge >= 0.3 is 0 Å². The Bertz CT molecular complexity index is 667. The first-order valence-electron chi connectivity index (χ1n) is 6.94. The molecule has 1 nitrogen and oxygen atoms in total. The van der Waals surface area contributed by atoms with Gasteiger partial charge in [0.25, 0.3) is 0 Å². The van der Waals surface area contributed by atoms with Crippen LogP contribution in [0.4, 0.5) is 0 Å². The summed E-state index contributed by atoms with van der Waals surface area (Å²) in [6.45, 7) is 8.35. The summed E-state index contributed by atoms with van der Waals surface area (Å²) in [5.41, 5.74) is 5.86. The lowest BCUT2D eigenvalue weighted by atomic mass is 10.0. The summed E-state index contributed by atoms with van der Waals surface area (Å²) in [5.74, 6) is 0. The largest absolute Gasteiger partial charge is 0.285 e. The van der Waals surface area contributed by atoms with Gasteiger partial charge in [0, 0.05) is 16.3 Å². The van der Waals surface area contributed by atoms with Crippen LogP contribution in [-0.4, -0.2) is 6.21 Å². The van der Waals surface area contributed by atoms with Gasteiger partial charge in [-0.05, 0) is 68.1 Å². The molecule has 2 rings (SSSR count). The monoisotopic (exact) mass is 319 g/mol. The van der Waals surface area contributed by atoms with E-state index >= 15 is 0 Å². The number of aryl methyl sites for hydroxylation is 3. The average molecular weight is 320 g/mol. The van der Waals surface area contributed by atoms with E-state index < -0.39 is 0 Å². The van der Waals surface area contributed by atoms with Crippen molar-refractivity contribution in [3.63, 3.8) is 0 Å². The molecule has 21 heavy (non-hydrogen) atoms. The van der Waals surface area contributed by atoms with Crippen LogP contribution >= 0.6 is 23.2 Å². The van der Waals surface area contributed by atoms with Crippen LogP contribution in [0.5, 0.6) is 0 Å². The van der Waals surface area contributed by atoms with Crippen molar-refractivity contribution in [2.75, 3.05) is 0 Å². The SMILES string of the molecule is Cc1cc(C)c(C=NC(C)c2cc(Cl)ccc2Cl)c(C)c1. The summed E-state index contributed by atoms with van der Waals surface area (Å²) in [4.78, 5) is 4.65. The number of rotatable bonds is 3. The van der Waals surface area contributed by atoms with Crippen LogP contribution in [0, 0.1) is 20.8 Å². The maximum Gasteiger partial charge on any atom is 0.0736 e. The minimum absolute atomic E-state index is 0.0312. The van der Waals surface area contributed by atoms with Crippen molar-refractivity contribution in [3.8, 4) is 0 Å². The van der Waals surface area contributed by atoms with Crippen LogP contribution in [0.1, 0.15) is 40.8 Å². The molecular weight excluding hydrogens is 301 g/mol. The van der Waals surface area contributed by atoms with Gasteiger partial charge in [-0.2, -0.15) is 0 Å². The van der Waals surface area contributed by atoms with Gasteiger partial charge in [-0.1, -0.05) is 40.9 Å². The first-order valence-corrected chi connectivity index (χ1v) is 7.70. The normalized spacial score (nSPS) is 12.9. The standard InChI is InChI=1S/C18H19Cl2N/c1-11-7-12(2)17(13(3)8-11)10-21-14(4)16-9-15(19)5-6-18(16)20/h5-10,14H,1-4H3. The van der Waals surface area contributed by atoms with Crippen LogP contribution in [0.25, 0.3) is 0 Å². The van der Waals surface area contributed by atoms with E-state index in [1.165, 1.54) is 22.3 Å². The van der Waals surface area contributed by atoms with E-state index in [-0.39, 0.29) is 6.04 Å². The Morgan fingerprint density at radius 1 is 1.00 bits per heavy atom. The molecule has 1 atom stereocenters. The Labute approximate surface area is 136 Å². The number of nitrogens with zero attached hydrogens (tertiary/aromatic N) is 1. The highest BCUT2D eigenvalue weighted by Gasteiger charge is 2.09. The lowest BCUT2D eigenvalue weighted by molar-refractivity contribution is 0.825. The summed E-state index contributed by atoms with van der Waals surface area (Å²) in [6, 6.07) is 9.79. The van der Waals surface area contributed by atoms with Crippen LogP contribution in [-0.2, 0) is 0 Å². The first kappa shape index (κ1) is 16.1. The van der Waals surface area contributed by atoms with E-state index in [2.05, 4.69) is 37.9 Å². The smallest absolute Gasteiger partial charge is 0.0736 e. The second kappa shape index (κ2) is 6.64. The quantitative estimate of drug-likeness (QED) is 0.606. The lowest BCUT2D eigenvalue weighted by Crippen LogP contribution is -1.97. The Hall–Kier alpha value is -1.31. The van der Waals surface area contributed by atoms with Gasteiger partial charge in [0.1, 0.15) is 0 Å². The topological polar surface area (TPSA) is 12.4 Å². The molecule has 0 heterocycles. The van der Waals surface area contributed by atoms with Crippen molar-refractivity contribution >= 4 is 29.4 Å². The predicted molar refractivity (Wildman–Crippen MR) is 93.1 cm³/mol. The molecule has 0 N–H and O–H groups in total. The fourth-order valence-electron chi connectivity index (χ4n) is 2.50. The number of hydrogen-bond acceptors (Lipinski definition) is 1. The zero-order chi connectivity index (χ0) is 15.6. The molecule has 2 aromatic carbocycles. The van der Waals surface area contributed by atoms with E-state index in [4.69, 9.17) is 23.2 Å². The molecule has 0 saturated heterocycles. The maximum absolute atomic E-state index is 6.22. The van der Waals surface area contributed by atoms with Crippen molar-refractivity contribution in [2.24, 2.45) is 4.99 Å². The molecule has 2 aromatic rings. The molecule has 0 spiro atoms. The molecule has 3 heteroatoms. The van der Waals surface area contributed by atoms with Gasteiger partial charge in [0.05, 0.1) is 6.04 Å². The number of halogens is 2. The van der Waals surface area contributed by atoms with Crippen molar-refractivity contribution in [1.29, 1.82) is 0 Å². The minimum Gasteiger partial charge on any atom is -0.285 e. The molecule has 0 radical (unpaired) electrons. The second-order valence-electron chi connectivity index (χ2n) is 5.43. The zero-order valence-corrected chi connectivity index (χ0v) is 14.3. The van der Waals surface area contributed by atoms with E-state index in [9.17, 15) is 0 Å². The Balaban J connectivity index is 2.31. The van der Waals surface area contributed by atoms with Crippen molar-refractivity contribution in [2.45, 2.75) is 33.7 Å². The molecule has 0 aromatic heterocycles. The summed E-state index contributed by atoms with van der Waals surface area (Å²) in [6.07, 6.45) is 1.94. The molecule has 0 saturated carbocycles. The molecule has 0 aliphatic heterocycles. The van der Waals surface area contributed by atoms with Crippen molar-refractivity contribution in [1.82, 2.24) is 0 Å². The lowest BCUT2D eigenvalue weighted by Gasteiger charge is -2.11. The third kappa shape index (κ3) is 3.87. The Morgan fingerprint density at radius 2 is 1.62 bits per heavy atom. The maximum atomic E-state index is 6.22. The third-order valence-corrected chi connectivity index (χ3v) is 4.15.